The number of esters is 1. The van der Waals surface area contributed by atoms with E-state index in [-0.39, 0.29) is 11.2 Å². The third-order valence-corrected chi connectivity index (χ3v) is 4.23. The summed E-state index contributed by atoms with van der Waals surface area (Å²) in [7, 11) is 0. The molecule has 0 unspecified atom stereocenters. The summed E-state index contributed by atoms with van der Waals surface area (Å²) in [6, 6.07) is 8.88. The van der Waals surface area contributed by atoms with Crippen molar-refractivity contribution in [1.82, 2.24) is 4.98 Å². The predicted molar refractivity (Wildman–Crippen MR) is 97.1 cm³/mol. The molecule has 2 heterocycles. The molecule has 0 bridgehead atoms. The van der Waals surface area contributed by atoms with Gasteiger partial charge in [0.1, 0.15) is 17.1 Å². The van der Waals surface area contributed by atoms with Gasteiger partial charge in [-0.3, -0.25) is 9.59 Å². The number of aromatic amines is 1. The standard InChI is InChI=1S/C20H17NO4/c1-11(22)24-16-10-15-13(8-9-20(2,3)25-15)18-17(16)19(23)12-6-4-5-7-14(12)21-18/h4-10H,1-3H3,(H,21,23). The predicted octanol–water partition coefficient (Wildman–Crippen LogP) is 3.79. The van der Waals surface area contributed by atoms with E-state index in [2.05, 4.69) is 4.98 Å². The summed E-state index contributed by atoms with van der Waals surface area (Å²) in [5, 5.41) is 0.894. The second-order valence-electron chi connectivity index (χ2n) is 6.67. The fourth-order valence-electron chi connectivity index (χ4n) is 3.15. The van der Waals surface area contributed by atoms with Crippen LogP contribution < -0.4 is 14.9 Å². The number of carbonyl (C=O) groups excluding carboxylic acids is 1. The van der Waals surface area contributed by atoms with Crippen LogP contribution in [0.4, 0.5) is 0 Å². The maximum Gasteiger partial charge on any atom is 0.308 e. The number of ether oxygens (including phenoxy) is 2. The van der Waals surface area contributed by atoms with Crippen molar-refractivity contribution >= 4 is 33.9 Å². The Morgan fingerprint density at radius 2 is 2.00 bits per heavy atom. The van der Waals surface area contributed by atoms with E-state index in [1.54, 1.807) is 18.2 Å². The molecule has 1 aliphatic rings. The van der Waals surface area contributed by atoms with Crippen molar-refractivity contribution in [3.05, 3.63) is 52.2 Å². The Kier molecular flexibility index (Phi) is 3.22. The van der Waals surface area contributed by atoms with E-state index in [0.717, 1.165) is 11.1 Å². The first-order valence-corrected chi connectivity index (χ1v) is 8.04. The maximum absolute atomic E-state index is 13.0. The Morgan fingerprint density at radius 1 is 1.24 bits per heavy atom. The molecule has 0 fully saturated rings. The summed E-state index contributed by atoms with van der Waals surface area (Å²) < 4.78 is 11.3. The molecule has 3 aromatic rings. The number of rotatable bonds is 1. The number of hydrogen-bond acceptors (Lipinski definition) is 4. The topological polar surface area (TPSA) is 68.4 Å². The summed E-state index contributed by atoms with van der Waals surface area (Å²) in [4.78, 5) is 27.9. The molecule has 2 aromatic carbocycles. The first-order valence-electron chi connectivity index (χ1n) is 8.04. The smallest absolute Gasteiger partial charge is 0.308 e. The Bertz CT molecular complexity index is 1120. The van der Waals surface area contributed by atoms with E-state index < -0.39 is 11.6 Å². The number of carbonyl (C=O) groups is 1. The average Bonchev–Trinajstić information content (AvgIpc) is 2.53. The van der Waals surface area contributed by atoms with Crippen LogP contribution in [0.1, 0.15) is 26.3 Å². The van der Waals surface area contributed by atoms with Crippen molar-refractivity contribution in [1.29, 1.82) is 0 Å². The summed E-state index contributed by atoms with van der Waals surface area (Å²) in [5.41, 5.74) is 1.44. The molecule has 0 saturated carbocycles. The van der Waals surface area contributed by atoms with E-state index in [4.69, 9.17) is 9.47 Å². The van der Waals surface area contributed by atoms with Gasteiger partial charge in [0, 0.05) is 29.5 Å². The van der Waals surface area contributed by atoms with E-state index in [9.17, 15) is 9.59 Å². The molecule has 0 aliphatic carbocycles. The Balaban J connectivity index is 2.16. The lowest BCUT2D eigenvalue weighted by Crippen LogP contribution is -2.27. The van der Waals surface area contributed by atoms with Gasteiger partial charge in [-0.2, -0.15) is 0 Å². The maximum atomic E-state index is 13.0. The number of para-hydroxylation sites is 1. The van der Waals surface area contributed by atoms with Crippen molar-refractivity contribution in [3.8, 4) is 11.5 Å². The summed E-state index contributed by atoms with van der Waals surface area (Å²) in [6.45, 7) is 5.18. The van der Waals surface area contributed by atoms with Gasteiger partial charge in [0.05, 0.1) is 10.9 Å². The van der Waals surface area contributed by atoms with E-state index in [0.29, 0.717) is 22.0 Å². The molecule has 0 spiro atoms. The molecule has 5 nitrogen and oxygen atoms in total. The highest BCUT2D eigenvalue weighted by atomic mass is 16.5. The van der Waals surface area contributed by atoms with Gasteiger partial charge < -0.3 is 14.5 Å². The van der Waals surface area contributed by atoms with Gasteiger partial charge in [0.2, 0.25) is 5.43 Å². The van der Waals surface area contributed by atoms with Crippen molar-refractivity contribution in [2.24, 2.45) is 0 Å². The van der Waals surface area contributed by atoms with E-state index in [1.165, 1.54) is 6.92 Å². The van der Waals surface area contributed by atoms with Crippen molar-refractivity contribution in [2.45, 2.75) is 26.4 Å². The molecule has 25 heavy (non-hydrogen) atoms. The fraction of sp³-hybridized carbons (Fsp3) is 0.200. The molecule has 0 atom stereocenters. The van der Waals surface area contributed by atoms with Crippen LogP contribution in [0.25, 0.3) is 27.9 Å². The Labute approximate surface area is 143 Å². The summed E-state index contributed by atoms with van der Waals surface area (Å²) >= 11 is 0. The molecule has 1 aromatic heterocycles. The van der Waals surface area contributed by atoms with Crippen molar-refractivity contribution in [2.75, 3.05) is 0 Å². The van der Waals surface area contributed by atoms with Crippen LogP contribution in [0.5, 0.6) is 11.5 Å². The third kappa shape index (κ3) is 2.48. The highest BCUT2D eigenvalue weighted by Crippen LogP contribution is 2.39. The largest absolute Gasteiger partial charge is 0.483 e. The molecule has 1 aliphatic heterocycles. The molecule has 0 saturated heterocycles. The molecule has 126 valence electrons. The molecule has 4 rings (SSSR count). The lowest BCUT2D eigenvalue weighted by molar-refractivity contribution is -0.131. The van der Waals surface area contributed by atoms with Crippen LogP contribution >= 0.6 is 0 Å². The van der Waals surface area contributed by atoms with E-state index >= 15 is 0 Å². The zero-order valence-corrected chi connectivity index (χ0v) is 14.2. The number of pyridine rings is 1. The van der Waals surface area contributed by atoms with Crippen LogP contribution in [-0.4, -0.2) is 16.6 Å². The molecule has 1 N–H and O–H groups in total. The first kappa shape index (κ1) is 15.4. The van der Waals surface area contributed by atoms with E-state index in [1.807, 2.05) is 38.1 Å². The van der Waals surface area contributed by atoms with Gasteiger partial charge in [-0.25, -0.2) is 0 Å². The second kappa shape index (κ2) is 5.21. The molecule has 0 amide bonds. The minimum atomic E-state index is -0.487. The van der Waals surface area contributed by atoms with Gasteiger partial charge in [-0.1, -0.05) is 12.1 Å². The minimum Gasteiger partial charge on any atom is -0.483 e. The van der Waals surface area contributed by atoms with Crippen LogP contribution in [0.3, 0.4) is 0 Å². The quantitative estimate of drug-likeness (QED) is 0.417. The first-order chi connectivity index (χ1) is 11.9. The SMILES string of the molecule is CC(=O)Oc1cc2c(c3[nH]c4ccccc4c(=O)c13)C=CC(C)(C)O2. The van der Waals surface area contributed by atoms with Gasteiger partial charge in [0.25, 0.3) is 0 Å². The molecule has 0 radical (unpaired) electrons. The monoisotopic (exact) mass is 335 g/mol. The van der Waals surface area contributed by atoms with Crippen LogP contribution in [0.15, 0.2) is 41.2 Å². The number of nitrogens with one attached hydrogen (secondary N) is 1. The third-order valence-electron chi connectivity index (χ3n) is 4.23. The lowest BCUT2D eigenvalue weighted by Gasteiger charge is -2.28. The summed E-state index contributed by atoms with van der Waals surface area (Å²) in [6.07, 6.45) is 3.87. The number of hydrogen-bond donors (Lipinski definition) is 1. The highest BCUT2D eigenvalue weighted by molar-refractivity contribution is 6.02. The average molecular weight is 335 g/mol. The van der Waals surface area contributed by atoms with Gasteiger partial charge in [0.15, 0.2) is 0 Å². The van der Waals surface area contributed by atoms with Gasteiger partial charge >= 0.3 is 5.97 Å². The number of benzene rings is 2. The molecule has 5 heteroatoms. The zero-order valence-electron chi connectivity index (χ0n) is 14.2. The van der Waals surface area contributed by atoms with Crippen molar-refractivity contribution in [3.63, 3.8) is 0 Å². The van der Waals surface area contributed by atoms with Crippen LogP contribution in [-0.2, 0) is 4.79 Å². The number of H-pyrrole nitrogens is 1. The van der Waals surface area contributed by atoms with Crippen LogP contribution in [0.2, 0.25) is 0 Å². The Hall–Kier alpha value is -3.08. The minimum absolute atomic E-state index is 0.179. The Morgan fingerprint density at radius 3 is 2.76 bits per heavy atom. The fourth-order valence-corrected chi connectivity index (χ4v) is 3.15. The second-order valence-corrected chi connectivity index (χ2v) is 6.67. The lowest BCUT2D eigenvalue weighted by atomic mass is 9.98. The summed E-state index contributed by atoms with van der Waals surface area (Å²) in [5.74, 6) is 0.293. The number of aromatic nitrogens is 1. The van der Waals surface area contributed by atoms with Gasteiger partial charge in [-0.05, 0) is 38.1 Å². The molecular formula is C20H17NO4. The normalized spacial score (nSPS) is 15.0. The highest BCUT2D eigenvalue weighted by Gasteiger charge is 2.26. The zero-order chi connectivity index (χ0) is 17.8. The van der Waals surface area contributed by atoms with Crippen LogP contribution in [0, 0.1) is 0 Å². The number of fused-ring (bicyclic) bond motifs is 4. The van der Waals surface area contributed by atoms with Gasteiger partial charge in [-0.15, -0.1) is 0 Å². The molecular weight excluding hydrogens is 318 g/mol. The van der Waals surface area contributed by atoms with Crippen molar-refractivity contribution < 1.29 is 14.3 Å².